The van der Waals surface area contributed by atoms with Crippen molar-refractivity contribution in [2.24, 2.45) is 22.5 Å². The first kappa shape index (κ1) is 16.4. The number of rotatable bonds is 4. The maximum atomic E-state index is 5.42. The largest absolute Gasteiger partial charge is 0.285 e. The molecule has 0 unspecified atom stereocenters. The van der Waals surface area contributed by atoms with Crippen molar-refractivity contribution in [2.75, 3.05) is 0 Å². The molecule has 120 valence electrons. The molecule has 0 amide bonds. The molecule has 4 bridgehead atoms. The van der Waals surface area contributed by atoms with Gasteiger partial charge in [0.25, 0.3) is 0 Å². The lowest BCUT2D eigenvalue weighted by atomic mass is 9.53. The van der Waals surface area contributed by atoms with E-state index in [9.17, 15) is 0 Å². The van der Waals surface area contributed by atoms with Crippen LogP contribution in [0.2, 0.25) is 39.3 Å². The van der Waals surface area contributed by atoms with Gasteiger partial charge >= 0.3 is 0 Å². The molecule has 0 aromatic heterocycles. The first-order valence-electron chi connectivity index (χ1n) is 8.81. The summed E-state index contributed by atoms with van der Waals surface area (Å²) >= 11 is 0. The highest BCUT2D eigenvalue weighted by molar-refractivity contribution is 7.33. The summed E-state index contributed by atoms with van der Waals surface area (Å²) in [5, 5.41) is 0. The highest BCUT2D eigenvalue weighted by Gasteiger charge is 2.51. The van der Waals surface area contributed by atoms with E-state index in [2.05, 4.69) is 43.3 Å². The zero-order valence-corrected chi connectivity index (χ0v) is 17.7. The molecule has 0 N–H and O–H groups in total. The summed E-state index contributed by atoms with van der Waals surface area (Å²) in [6.45, 7) is 15.0. The maximum absolute atomic E-state index is 5.42. The molecular weight excluding hydrogens is 307 g/mol. The highest BCUT2D eigenvalue weighted by Crippen LogP contribution is 2.58. The van der Waals surface area contributed by atoms with Crippen LogP contribution in [0.5, 0.6) is 0 Å². The Kier molecular flexibility index (Phi) is 4.09. The fourth-order valence-corrected chi connectivity index (χ4v) is 16.6. The van der Waals surface area contributed by atoms with Gasteiger partial charge in [-0.2, -0.15) is 0 Å². The SMILES string of the molecule is C[Si](C)(C)N(P=NC12CC3CC(CC(C3)C1)C2)[Si](C)(C)C. The summed E-state index contributed by atoms with van der Waals surface area (Å²) in [5.41, 5.74) is 0.383. The summed E-state index contributed by atoms with van der Waals surface area (Å²) in [7, 11) is -1.21. The van der Waals surface area contributed by atoms with Crippen LogP contribution < -0.4 is 0 Å². The van der Waals surface area contributed by atoms with Gasteiger partial charge in [0, 0.05) is 0 Å². The lowest BCUT2D eigenvalue weighted by Gasteiger charge is -2.55. The van der Waals surface area contributed by atoms with Gasteiger partial charge in [0.15, 0.2) is 0 Å². The molecule has 4 saturated carbocycles. The van der Waals surface area contributed by atoms with E-state index in [0.29, 0.717) is 5.54 Å². The highest BCUT2D eigenvalue weighted by atomic mass is 31.1. The van der Waals surface area contributed by atoms with Gasteiger partial charge < -0.3 is 0 Å². The van der Waals surface area contributed by atoms with Gasteiger partial charge in [0.1, 0.15) is 16.5 Å². The monoisotopic (exact) mass is 340 g/mol. The minimum absolute atomic E-state index is 0.383. The molecule has 0 heterocycles. The average molecular weight is 341 g/mol. The molecule has 0 aromatic carbocycles. The maximum Gasteiger partial charge on any atom is 0.122 e. The average Bonchev–Trinajstić information content (AvgIpc) is 2.22. The molecular formula is C16H33N2PSi2. The van der Waals surface area contributed by atoms with Gasteiger partial charge in [-0.15, -0.1) is 0 Å². The van der Waals surface area contributed by atoms with Crippen LogP contribution in [-0.2, 0) is 0 Å². The molecule has 0 aromatic rings. The van der Waals surface area contributed by atoms with Crippen molar-refractivity contribution in [2.45, 2.75) is 83.3 Å². The van der Waals surface area contributed by atoms with E-state index >= 15 is 0 Å². The fraction of sp³-hybridized carbons (Fsp3) is 1.00. The first-order valence-corrected chi connectivity index (χ1v) is 16.5. The molecule has 5 heteroatoms. The standard InChI is InChI=1S/C16H33N2PSi2/c1-20(2,3)18(21(4,5)6)19-17-16-10-13-7-14(11-16)9-15(8-13)12-16/h13-15H,7-12H2,1-6H3. The van der Waals surface area contributed by atoms with E-state index < -0.39 is 16.5 Å². The molecule has 4 aliphatic rings. The molecule has 4 aliphatic carbocycles. The normalized spacial score (nSPS) is 39.7. The third-order valence-electron chi connectivity index (χ3n) is 5.62. The quantitative estimate of drug-likeness (QED) is 0.454. The topological polar surface area (TPSA) is 15.6 Å². The van der Waals surface area contributed by atoms with Crippen LogP contribution in [-0.4, -0.2) is 26.0 Å². The van der Waals surface area contributed by atoms with E-state index in [1.165, 1.54) is 47.0 Å². The molecule has 0 atom stereocenters. The molecule has 2 nitrogen and oxygen atoms in total. The van der Waals surface area contributed by atoms with Gasteiger partial charge in [-0.25, -0.2) is 4.74 Å². The lowest BCUT2D eigenvalue weighted by Crippen LogP contribution is -2.54. The van der Waals surface area contributed by atoms with Crippen LogP contribution in [0.25, 0.3) is 0 Å². The third-order valence-corrected chi connectivity index (χ3v) is 17.0. The predicted molar refractivity (Wildman–Crippen MR) is 98.8 cm³/mol. The second kappa shape index (κ2) is 5.26. The molecule has 0 radical (unpaired) electrons. The first-order chi connectivity index (χ1) is 9.57. The number of hydrogen-bond donors (Lipinski definition) is 0. The van der Waals surface area contributed by atoms with Gasteiger partial charge in [-0.1, -0.05) is 39.3 Å². The minimum Gasteiger partial charge on any atom is -0.285 e. The second-order valence-corrected chi connectivity index (χ2v) is 21.5. The van der Waals surface area contributed by atoms with Crippen molar-refractivity contribution in [3.63, 3.8) is 0 Å². The summed E-state index contributed by atoms with van der Waals surface area (Å²) in [5.74, 6) is 3.05. The number of hydrogen-bond acceptors (Lipinski definition) is 1. The Balaban J connectivity index is 1.81. The van der Waals surface area contributed by atoms with E-state index in [1.807, 2.05) is 0 Å². The molecule has 0 saturated heterocycles. The Labute approximate surface area is 135 Å². The third kappa shape index (κ3) is 3.39. The summed E-state index contributed by atoms with van der Waals surface area (Å²) in [4.78, 5) is 0. The van der Waals surface area contributed by atoms with E-state index in [0.717, 1.165) is 17.8 Å². The van der Waals surface area contributed by atoms with Crippen LogP contribution in [0.15, 0.2) is 4.74 Å². The van der Waals surface area contributed by atoms with Gasteiger partial charge in [-0.3, -0.25) is 4.00 Å². The minimum atomic E-state index is -1.27. The summed E-state index contributed by atoms with van der Waals surface area (Å²) in [6, 6.07) is 0. The smallest absolute Gasteiger partial charge is 0.122 e. The molecule has 0 spiro atoms. The van der Waals surface area contributed by atoms with Gasteiger partial charge in [-0.05, 0) is 56.3 Å². The Hall–Kier alpha value is 0.494. The molecule has 4 rings (SSSR count). The Morgan fingerprint density at radius 1 is 0.810 bits per heavy atom. The van der Waals surface area contributed by atoms with Crippen molar-refractivity contribution in [3.05, 3.63) is 0 Å². The van der Waals surface area contributed by atoms with Crippen molar-refractivity contribution in [3.8, 4) is 0 Å². The molecule has 21 heavy (non-hydrogen) atoms. The zero-order valence-electron chi connectivity index (χ0n) is 14.8. The number of nitrogens with zero attached hydrogens (tertiary/aromatic N) is 2. The van der Waals surface area contributed by atoms with Crippen LogP contribution >= 0.6 is 8.52 Å². The van der Waals surface area contributed by atoms with Crippen LogP contribution in [0, 0.1) is 17.8 Å². The van der Waals surface area contributed by atoms with E-state index in [1.54, 1.807) is 0 Å². The van der Waals surface area contributed by atoms with Crippen molar-refractivity contribution in [1.29, 1.82) is 0 Å². The fourth-order valence-electron chi connectivity index (χ4n) is 5.60. The van der Waals surface area contributed by atoms with Crippen molar-refractivity contribution >= 4 is 25.0 Å². The lowest BCUT2D eigenvalue weighted by molar-refractivity contribution is 0.00263. The Bertz CT molecular complexity index is 387. The molecule has 0 aliphatic heterocycles. The molecule has 4 fully saturated rings. The van der Waals surface area contributed by atoms with Crippen LogP contribution in [0.1, 0.15) is 38.5 Å². The summed E-state index contributed by atoms with van der Waals surface area (Å²) < 4.78 is 8.25. The Morgan fingerprint density at radius 2 is 1.19 bits per heavy atom. The summed E-state index contributed by atoms with van der Waals surface area (Å²) in [6.07, 6.45) is 8.82. The zero-order chi connectivity index (χ0) is 15.5. The van der Waals surface area contributed by atoms with E-state index in [-0.39, 0.29) is 0 Å². The van der Waals surface area contributed by atoms with Crippen LogP contribution in [0.3, 0.4) is 0 Å². The van der Waals surface area contributed by atoms with Gasteiger partial charge in [0.2, 0.25) is 0 Å². The van der Waals surface area contributed by atoms with Gasteiger partial charge in [0.05, 0.1) is 14.1 Å². The van der Waals surface area contributed by atoms with Crippen LogP contribution in [0.4, 0.5) is 0 Å². The van der Waals surface area contributed by atoms with Crippen molar-refractivity contribution in [1.82, 2.24) is 4.00 Å². The van der Waals surface area contributed by atoms with E-state index in [4.69, 9.17) is 4.74 Å². The predicted octanol–water partition coefficient (Wildman–Crippen LogP) is 5.97. The van der Waals surface area contributed by atoms with Crippen molar-refractivity contribution < 1.29 is 0 Å². The Morgan fingerprint density at radius 3 is 1.52 bits per heavy atom. The second-order valence-electron chi connectivity index (χ2n) is 9.98.